The van der Waals surface area contributed by atoms with Gasteiger partial charge in [-0.2, -0.15) is 0 Å². The van der Waals surface area contributed by atoms with E-state index in [-0.39, 0.29) is 29.5 Å². The zero-order chi connectivity index (χ0) is 21.1. The zero-order valence-corrected chi connectivity index (χ0v) is 16.4. The molecule has 7 nitrogen and oxygen atoms in total. The van der Waals surface area contributed by atoms with Crippen molar-refractivity contribution in [1.82, 2.24) is 5.32 Å². The molecule has 0 fully saturated rings. The molecule has 9 heteroatoms. The van der Waals surface area contributed by atoms with Crippen LogP contribution < -0.4 is 19.5 Å². The van der Waals surface area contributed by atoms with Gasteiger partial charge in [-0.25, -0.2) is 12.8 Å². The van der Waals surface area contributed by atoms with E-state index in [1.807, 2.05) is 0 Å². The molecule has 1 amide bonds. The van der Waals surface area contributed by atoms with Crippen LogP contribution in [0.2, 0.25) is 0 Å². The van der Waals surface area contributed by atoms with Crippen molar-refractivity contribution in [2.45, 2.75) is 11.4 Å². The Hall–Kier alpha value is -3.59. The maximum absolute atomic E-state index is 13.8. The van der Waals surface area contributed by atoms with Crippen molar-refractivity contribution in [2.24, 2.45) is 0 Å². The minimum atomic E-state index is -4.07. The van der Waals surface area contributed by atoms with Gasteiger partial charge < -0.3 is 14.8 Å². The van der Waals surface area contributed by atoms with Crippen LogP contribution >= 0.6 is 0 Å². The van der Waals surface area contributed by atoms with Crippen molar-refractivity contribution >= 4 is 21.6 Å². The summed E-state index contributed by atoms with van der Waals surface area (Å²) in [6.07, 6.45) is 0. The second-order valence-electron chi connectivity index (χ2n) is 6.48. The standard InChI is InChI=1S/C21H17FN2O5S/c22-17-6-1-2-7-18(17)24-30(26,27)16-5-3-4-15(11-16)21(25)23-12-14-8-9-19-20(10-14)29-13-28-19/h1-11,24H,12-13H2,(H,23,25). The number of sulfonamides is 1. The molecule has 1 aliphatic heterocycles. The number of hydrogen-bond acceptors (Lipinski definition) is 5. The molecule has 3 aromatic rings. The SMILES string of the molecule is O=C(NCc1ccc2c(c1)OCO2)c1cccc(S(=O)(=O)Nc2ccccc2F)c1. The maximum atomic E-state index is 13.8. The Labute approximate surface area is 172 Å². The molecule has 0 spiro atoms. The fourth-order valence-electron chi connectivity index (χ4n) is 2.89. The lowest BCUT2D eigenvalue weighted by molar-refractivity contribution is 0.0950. The van der Waals surface area contributed by atoms with Crippen LogP contribution in [0.1, 0.15) is 15.9 Å². The fourth-order valence-corrected chi connectivity index (χ4v) is 4.00. The highest BCUT2D eigenvalue weighted by Crippen LogP contribution is 2.32. The number of anilines is 1. The third kappa shape index (κ3) is 4.20. The Kier molecular flexibility index (Phi) is 5.28. The summed E-state index contributed by atoms with van der Waals surface area (Å²) >= 11 is 0. The van der Waals surface area contributed by atoms with Crippen LogP contribution in [0.4, 0.5) is 10.1 Å². The number of carbonyl (C=O) groups is 1. The summed E-state index contributed by atoms with van der Waals surface area (Å²) < 4.78 is 51.7. The van der Waals surface area contributed by atoms with Gasteiger partial charge in [-0.15, -0.1) is 0 Å². The number of ether oxygens (including phenoxy) is 2. The second-order valence-corrected chi connectivity index (χ2v) is 8.17. The molecule has 0 unspecified atom stereocenters. The highest BCUT2D eigenvalue weighted by molar-refractivity contribution is 7.92. The Morgan fingerprint density at radius 1 is 0.967 bits per heavy atom. The van der Waals surface area contributed by atoms with Gasteiger partial charge in [0.2, 0.25) is 6.79 Å². The van der Waals surface area contributed by atoms with Crippen LogP contribution in [0.3, 0.4) is 0 Å². The van der Waals surface area contributed by atoms with Crippen molar-refractivity contribution < 1.29 is 27.1 Å². The molecule has 0 atom stereocenters. The number of amides is 1. The van der Waals surface area contributed by atoms with Crippen LogP contribution in [-0.4, -0.2) is 21.1 Å². The van der Waals surface area contributed by atoms with Crippen molar-refractivity contribution in [3.63, 3.8) is 0 Å². The van der Waals surface area contributed by atoms with Crippen LogP contribution in [0.25, 0.3) is 0 Å². The van der Waals surface area contributed by atoms with E-state index in [0.29, 0.717) is 11.5 Å². The van der Waals surface area contributed by atoms with Gasteiger partial charge in [-0.1, -0.05) is 24.3 Å². The van der Waals surface area contributed by atoms with Crippen LogP contribution in [0.5, 0.6) is 11.5 Å². The molecular formula is C21H17FN2O5S. The molecule has 154 valence electrons. The van der Waals surface area contributed by atoms with E-state index in [1.54, 1.807) is 18.2 Å². The summed E-state index contributed by atoms with van der Waals surface area (Å²) in [5.74, 6) is 0.105. The lowest BCUT2D eigenvalue weighted by atomic mass is 10.2. The normalized spacial score (nSPS) is 12.4. The quantitative estimate of drug-likeness (QED) is 0.629. The average Bonchev–Trinajstić information content (AvgIpc) is 3.21. The van der Waals surface area contributed by atoms with Crippen molar-refractivity contribution in [3.05, 3.63) is 83.7 Å². The Bertz CT molecular complexity index is 1210. The van der Waals surface area contributed by atoms with Gasteiger partial charge in [0.15, 0.2) is 11.5 Å². The van der Waals surface area contributed by atoms with E-state index >= 15 is 0 Å². The second kappa shape index (κ2) is 8.03. The topological polar surface area (TPSA) is 93.7 Å². The van der Waals surface area contributed by atoms with Gasteiger partial charge >= 0.3 is 0 Å². The highest BCUT2D eigenvalue weighted by atomic mass is 32.2. The summed E-state index contributed by atoms with van der Waals surface area (Å²) in [6.45, 7) is 0.382. The molecule has 1 heterocycles. The smallest absolute Gasteiger partial charge is 0.262 e. The van der Waals surface area contributed by atoms with Gasteiger partial charge in [0.1, 0.15) is 5.82 Å². The summed E-state index contributed by atoms with van der Waals surface area (Å²) in [6, 6.07) is 16.3. The number of hydrogen-bond donors (Lipinski definition) is 2. The fraction of sp³-hybridized carbons (Fsp3) is 0.0952. The molecule has 2 N–H and O–H groups in total. The van der Waals surface area contributed by atoms with Crippen molar-refractivity contribution in [1.29, 1.82) is 0 Å². The molecule has 0 bridgehead atoms. The molecule has 1 aliphatic rings. The maximum Gasteiger partial charge on any atom is 0.262 e. The first-order valence-corrected chi connectivity index (χ1v) is 10.4. The van der Waals surface area contributed by atoms with Crippen LogP contribution in [-0.2, 0) is 16.6 Å². The molecule has 30 heavy (non-hydrogen) atoms. The number of benzene rings is 3. The number of para-hydroxylation sites is 1. The number of fused-ring (bicyclic) bond motifs is 1. The summed E-state index contributed by atoms with van der Waals surface area (Å²) in [7, 11) is -4.07. The molecule has 0 aromatic heterocycles. The van der Waals surface area contributed by atoms with Gasteiger partial charge in [0, 0.05) is 12.1 Å². The third-order valence-electron chi connectivity index (χ3n) is 4.41. The molecule has 0 radical (unpaired) electrons. The molecule has 4 rings (SSSR count). The predicted molar refractivity (Wildman–Crippen MR) is 107 cm³/mol. The molecule has 0 aliphatic carbocycles. The minimum Gasteiger partial charge on any atom is -0.454 e. The molecule has 3 aromatic carbocycles. The first-order valence-electron chi connectivity index (χ1n) is 8.96. The van der Waals surface area contributed by atoms with E-state index in [2.05, 4.69) is 10.0 Å². The molecule has 0 saturated heterocycles. The third-order valence-corrected chi connectivity index (χ3v) is 5.78. The first-order chi connectivity index (χ1) is 14.4. The lowest BCUT2D eigenvalue weighted by Crippen LogP contribution is -2.23. The summed E-state index contributed by atoms with van der Waals surface area (Å²) in [5, 5.41) is 2.73. The lowest BCUT2D eigenvalue weighted by Gasteiger charge is -2.10. The van der Waals surface area contributed by atoms with Crippen molar-refractivity contribution in [3.8, 4) is 11.5 Å². The first kappa shape index (κ1) is 19.7. The zero-order valence-electron chi connectivity index (χ0n) is 15.6. The Morgan fingerprint density at radius 3 is 2.60 bits per heavy atom. The van der Waals surface area contributed by atoms with Gasteiger partial charge in [0.25, 0.3) is 15.9 Å². The van der Waals surface area contributed by atoms with E-state index in [9.17, 15) is 17.6 Å². The number of rotatable bonds is 6. The van der Waals surface area contributed by atoms with Crippen LogP contribution in [0, 0.1) is 5.82 Å². The number of carbonyl (C=O) groups excluding carboxylic acids is 1. The molecule has 0 saturated carbocycles. The van der Waals surface area contributed by atoms with E-state index in [1.165, 1.54) is 42.5 Å². The minimum absolute atomic E-state index is 0.151. The number of nitrogens with one attached hydrogen (secondary N) is 2. The Balaban J connectivity index is 1.47. The summed E-state index contributed by atoms with van der Waals surface area (Å²) in [4.78, 5) is 12.3. The van der Waals surface area contributed by atoms with E-state index in [4.69, 9.17) is 9.47 Å². The Morgan fingerprint density at radius 2 is 1.77 bits per heavy atom. The van der Waals surface area contributed by atoms with E-state index in [0.717, 1.165) is 11.6 Å². The largest absolute Gasteiger partial charge is 0.454 e. The van der Waals surface area contributed by atoms with Crippen molar-refractivity contribution in [2.75, 3.05) is 11.5 Å². The highest BCUT2D eigenvalue weighted by Gasteiger charge is 2.18. The predicted octanol–water partition coefficient (Wildman–Crippen LogP) is 3.29. The van der Waals surface area contributed by atoms with Crippen LogP contribution in [0.15, 0.2) is 71.6 Å². The monoisotopic (exact) mass is 428 g/mol. The van der Waals surface area contributed by atoms with Gasteiger partial charge in [0.05, 0.1) is 10.6 Å². The molecular weight excluding hydrogens is 411 g/mol. The van der Waals surface area contributed by atoms with Gasteiger partial charge in [-0.05, 0) is 48.0 Å². The van der Waals surface area contributed by atoms with Gasteiger partial charge in [-0.3, -0.25) is 9.52 Å². The summed E-state index contributed by atoms with van der Waals surface area (Å²) in [5.41, 5.74) is 0.792. The number of halogens is 1. The average molecular weight is 428 g/mol. The van der Waals surface area contributed by atoms with E-state index < -0.39 is 21.7 Å².